The number of carbonyl (C=O) groups excluding carboxylic acids is 1. The van der Waals surface area contributed by atoms with E-state index in [2.05, 4.69) is 0 Å². The maximum absolute atomic E-state index is 13.0. The quantitative estimate of drug-likeness (QED) is 0.655. The molecule has 1 aliphatic carbocycles. The van der Waals surface area contributed by atoms with Gasteiger partial charge in [-0.15, -0.1) is 0 Å². The zero-order chi connectivity index (χ0) is 22.1. The molecule has 1 amide bonds. The molecule has 0 heterocycles. The molecule has 2 aromatic rings. The lowest BCUT2D eigenvalue weighted by Gasteiger charge is -2.24. The van der Waals surface area contributed by atoms with E-state index in [0.717, 1.165) is 5.56 Å². The number of rotatable bonds is 5. The number of alkyl halides is 6. The summed E-state index contributed by atoms with van der Waals surface area (Å²) >= 11 is 0. The average molecular weight is 431 g/mol. The average Bonchev–Trinajstić information content (AvgIpc) is 3.10. The van der Waals surface area contributed by atoms with E-state index >= 15 is 0 Å². The number of amides is 1. The first-order chi connectivity index (χ1) is 14.0. The summed E-state index contributed by atoms with van der Waals surface area (Å²) in [4.78, 5) is 11.8. The lowest BCUT2D eigenvalue weighted by Crippen LogP contribution is -2.29. The first kappa shape index (κ1) is 22.1. The van der Waals surface area contributed by atoms with Crippen molar-refractivity contribution in [1.82, 2.24) is 0 Å². The number of nitrogens with two attached hydrogens (primary N) is 1. The SMILES string of the molecule is NC(=O)[C@@H]1CC[C@H](OCc2cc(C(F)(F)F)cc(C(F)(F)F)c2)[C@H]1c1ccccc1. The molecule has 0 radical (unpaired) electrons. The maximum atomic E-state index is 13.0. The van der Waals surface area contributed by atoms with E-state index in [9.17, 15) is 31.1 Å². The van der Waals surface area contributed by atoms with Gasteiger partial charge in [0.15, 0.2) is 0 Å². The van der Waals surface area contributed by atoms with Crippen molar-refractivity contribution < 1.29 is 35.9 Å². The third-order valence-corrected chi connectivity index (χ3v) is 5.26. The van der Waals surface area contributed by atoms with Crippen molar-refractivity contribution in [3.05, 3.63) is 70.8 Å². The highest BCUT2D eigenvalue weighted by molar-refractivity contribution is 5.78. The molecule has 3 rings (SSSR count). The van der Waals surface area contributed by atoms with Crippen LogP contribution < -0.4 is 5.73 Å². The zero-order valence-corrected chi connectivity index (χ0v) is 15.6. The van der Waals surface area contributed by atoms with Gasteiger partial charge >= 0.3 is 12.4 Å². The van der Waals surface area contributed by atoms with Crippen molar-refractivity contribution in [3.63, 3.8) is 0 Å². The number of ether oxygens (including phenoxy) is 1. The predicted octanol–water partition coefficient (Wildman–Crippen LogP) is 5.29. The van der Waals surface area contributed by atoms with Crippen LogP contribution in [0.2, 0.25) is 0 Å². The summed E-state index contributed by atoms with van der Waals surface area (Å²) in [6.45, 7) is -0.452. The highest BCUT2D eigenvalue weighted by atomic mass is 19.4. The molecular formula is C21H19F6NO2. The molecule has 0 aliphatic heterocycles. The zero-order valence-electron chi connectivity index (χ0n) is 15.6. The highest BCUT2D eigenvalue weighted by Gasteiger charge is 2.41. The van der Waals surface area contributed by atoms with Crippen molar-refractivity contribution in [2.45, 2.75) is 43.8 Å². The smallest absolute Gasteiger partial charge is 0.373 e. The van der Waals surface area contributed by atoms with Gasteiger partial charge in [-0.2, -0.15) is 26.3 Å². The van der Waals surface area contributed by atoms with Gasteiger partial charge in [0.05, 0.1) is 23.8 Å². The molecule has 162 valence electrons. The summed E-state index contributed by atoms with van der Waals surface area (Å²) in [5.41, 5.74) is 3.24. The fourth-order valence-corrected chi connectivity index (χ4v) is 3.90. The van der Waals surface area contributed by atoms with Crippen molar-refractivity contribution in [3.8, 4) is 0 Å². The van der Waals surface area contributed by atoms with Gasteiger partial charge in [-0.3, -0.25) is 4.79 Å². The minimum Gasteiger partial charge on any atom is -0.373 e. The van der Waals surface area contributed by atoms with Gasteiger partial charge in [-0.1, -0.05) is 30.3 Å². The molecule has 1 saturated carbocycles. The van der Waals surface area contributed by atoms with Crippen LogP contribution in [0.1, 0.15) is 41.0 Å². The van der Waals surface area contributed by atoms with Crippen LogP contribution in [-0.4, -0.2) is 12.0 Å². The Bertz CT molecular complexity index is 862. The fourth-order valence-electron chi connectivity index (χ4n) is 3.90. The number of carbonyl (C=O) groups is 1. The second-order valence-electron chi connectivity index (χ2n) is 7.29. The van der Waals surface area contributed by atoms with Crippen LogP contribution in [0, 0.1) is 5.92 Å². The molecule has 9 heteroatoms. The van der Waals surface area contributed by atoms with E-state index in [1.807, 2.05) is 0 Å². The highest BCUT2D eigenvalue weighted by Crippen LogP contribution is 2.42. The molecule has 2 aromatic carbocycles. The van der Waals surface area contributed by atoms with Crippen molar-refractivity contribution in [1.29, 1.82) is 0 Å². The van der Waals surface area contributed by atoms with E-state index in [1.165, 1.54) is 0 Å². The molecule has 0 spiro atoms. The molecule has 1 fully saturated rings. The third-order valence-electron chi connectivity index (χ3n) is 5.26. The van der Waals surface area contributed by atoms with Crippen molar-refractivity contribution in [2.75, 3.05) is 0 Å². The number of hydrogen-bond acceptors (Lipinski definition) is 2. The fraction of sp³-hybridized carbons (Fsp3) is 0.381. The Balaban J connectivity index is 1.86. The Morgan fingerprint density at radius 3 is 2.00 bits per heavy atom. The molecule has 1 aliphatic rings. The number of halogens is 6. The molecule has 3 nitrogen and oxygen atoms in total. The predicted molar refractivity (Wildman–Crippen MR) is 96.1 cm³/mol. The van der Waals surface area contributed by atoms with Gasteiger partial charge in [-0.25, -0.2) is 0 Å². The Morgan fingerprint density at radius 1 is 0.933 bits per heavy atom. The van der Waals surface area contributed by atoms with E-state index in [4.69, 9.17) is 10.5 Å². The van der Waals surface area contributed by atoms with Crippen LogP contribution in [0.5, 0.6) is 0 Å². The Kier molecular flexibility index (Phi) is 6.12. The molecule has 2 N–H and O–H groups in total. The minimum absolute atomic E-state index is 0.0783. The number of hydrogen-bond donors (Lipinski definition) is 1. The van der Waals surface area contributed by atoms with Crippen LogP contribution in [0.15, 0.2) is 48.5 Å². The summed E-state index contributed by atoms with van der Waals surface area (Å²) < 4.78 is 84.0. The first-order valence-corrected chi connectivity index (χ1v) is 9.21. The summed E-state index contributed by atoms with van der Waals surface area (Å²) in [5.74, 6) is -1.46. The van der Waals surface area contributed by atoms with E-state index < -0.39 is 53.9 Å². The summed E-state index contributed by atoms with van der Waals surface area (Å²) in [6.07, 6.45) is -9.57. The molecule has 0 aromatic heterocycles. The maximum Gasteiger partial charge on any atom is 0.416 e. The first-order valence-electron chi connectivity index (χ1n) is 9.21. The van der Waals surface area contributed by atoms with Gasteiger partial charge in [0.25, 0.3) is 0 Å². The van der Waals surface area contributed by atoms with Crippen LogP contribution in [0.4, 0.5) is 26.3 Å². The van der Waals surface area contributed by atoms with Crippen LogP contribution in [0.3, 0.4) is 0 Å². The van der Waals surface area contributed by atoms with Gasteiger partial charge < -0.3 is 10.5 Å². The second kappa shape index (κ2) is 8.29. The van der Waals surface area contributed by atoms with Crippen molar-refractivity contribution >= 4 is 5.91 Å². The Morgan fingerprint density at radius 2 is 1.50 bits per heavy atom. The third kappa shape index (κ3) is 4.95. The number of benzene rings is 2. The standard InChI is InChI=1S/C21H19F6NO2/c22-20(23,24)14-8-12(9-15(10-14)21(25,26)27)11-30-17-7-6-16(19(28)29)18(17)13-4-2-1-3-5-13/h1-5,8-10,16-18H,6-7,11H2,(H2,28,29)/t16-,17+,18+/m1/s1. The largest absolute Gasteiger partial charge is 0.416 e. The van der Waals surface area contributed by atoms with Gasteiger partial charge in [0.1, 0.15) is 0 Å². The van der Waals surface area contributed by atoms with E-state index in [0.29, 0.717) is 25.0 Å². The second-order valence-corrected chi connectivity index (χ2v) is 7.29. The van der Waals surface area contributed by atoms with Gasteiger partial charge in [-0.05, 0) is 42.2 Å². The van der Waals surface area contributed by atoms with Gasteiger partial charge in [0, 0.05) is 11.8 Å². The normalized spacial score (nSPS) is 22.3. The molecule has 0 bridgehead atoms. The Hall–Kier alpha value is -2.55. The molecule has 0 unspecified atom stereocenters. The van der Waals surface area contributed by atoms with Crippen LogP contribution in [0.25, 0.3) is 0 Å². The van der Waals surface area contributed by atoms with Crippen LogP contribution >= 0.6 is 0 Å². The minimum atomic E-state index is -4.92. The Labute approximate surface area is 168 Å². The van der Waals surface area contributed by atoms with Crippen molar-refractivity contribution in [2.24, 2.45) is 11.7 Å². The topological polar surface area (TPSA) is 52.3 Å². The van der Waals surface area contributed by atoms with Gasteiger partial charge in [0.2, 0.25) is 5.91 Å². The lowest BCUT2D eigenvalue weighted by molar-refractivity contribution is -0.143. The molecule has 0 saturated heterocycles. The summed E-state index contributed by atoms with van der Waals surface area (Å²) in [5, 5.41) is 0. The number of primary amides is 1. The monoisotopic (exact) mass is 431 g/mol. The lowest BCUT2D eigenvalue weighted by atomic mass is 9.87. The summed E-state index contributed by atoms with van der Waals surface area (Å²) in [6, 6.07) is 10.3. The molecular weight excluding hydrogens is 412 g/mol. The molecule has 3 atom stereocenters. The van der Waals surface area contributed by atoms with Crippen LogP contribution in [-0.2, 0) is 28.5 Å². The molecule has 30 heavy (non-hydrogen) atoms. The van der Waals surface area contributed by atoms with E-state index in [1.54, 1.807) is 30.3 Å². The summed E-state index contributed by atoms with van der Waals surface area (Å²) in [7, 11) is 0. The van der Waals surface area contributed by atoms with E-state index in [-0.39, 0.29) is 11.6 Å².